The predicted molar refractivity (Wildman–Crippen MR) is 157 cm³/mol. The van der Waals surface area contributed by atoms with Gasteiger partial charge in [0, 0.05) is 31.3 Å². The minimum absolute atomic E-state index is 0.0218. The molecule has 1 fully saturated rings. The number of carboxylic acid groups (broad SMARTS) is 2. The Balaban J connectivity index is 2.89. The van der Waals surface area contributed by atoms with E-state index in [1.165, 1.54) is 6.08 Å². The van der Waals surface area contributed by atoms with E-state index < -0.39 is 104 Å². The van der Waals surface area contributed by atoms with E-state index in [1.54, 1.807) is 6.08 Å². The van der Waals surface area contributed by atoms with Gasteiger partial charge in [-0.2, -0.15) is 11.8 Å². The Morgan fingerprint density at radius 2 is 1.83 bits per heavy atom. The maximum absolute atomic E-state index is 12.7. The predicted octanol–water partition coefficient (Wildman–Crippen LogP) is -4.59. The number of esters is 1. The summed E-state index contributed by atoms with van der Waals surface area (Å²) in [5.41, 5.74) is 5.39. The van der Waals surface area contributed by atoms with E-state index in [-0.39, 0.29) is 31.0 Å². The highest BCUT2D eigenvalue weighted by atomic mass is 32.2. The number of aliphatic hydroxyl groups excluding tert-OH is 4. The number of carbonyl (C=O) groups is 6. The third kappa shape index (κ3) is 13.2. The van der Waals surface area contributed by atoms with Crippen molar-refractivity contribution in [2.75, 3.05) is 38.4 Å². The number of methoxy groups -OCH3 is 1. The van der Waals surface area contributed by atoms with Gasteiger partial charge >= 0.3 is 17.9 Å². The number of amides is 3. The van der Waals surface area contributed by atoms with Gasteiger partial charge in [0.15, 0.2) is 0 Å². The zero-order valence-electron chi connectivity index (χ0n) is 25.2. The van der Waals surface area contributed by atoms with Gasteiger partial charge in [-0.1, -0.05) is 12.2 Å². The summed E-state index contributed by atoms with van der Waals surface area (Å²) < 4.78 is 16.1. The molecule has 0 spiro atoms. The van der Waals surface area contributed by atoms with Crippen molar-refractivity contribution in [3.63, 3.8) is 0 Å². The van der Waals surface area contributed by atoms with Crippen molar-refractivity contribution in [2.24, 2.45) is 5.73 Å². The van der Waals surface area contributed by atoms with Crippen LogP contribution in [0.3, 0.4) is 0 Å². The number of aliphatic hydroxyl groups is 4. The van der Waals surface area contributed by atoms with Crippen LogP contribution in [-0.2, 0) is 43.0 Å². The van der Waals surface area contributed by atoms with Crippen LogP contribution in [0.25, 0.3) is 0 Å². The number of rotatable bonds is 20. The molecule has 0 aliphatic carbocycles. The molecule has 11 N–H and O–H groups in total. The van der Waals surface area contributed by atoms with Crippen molar-refractivity contribution in [1.29, 1.82) is 0 Å². The number of nitrogens with one attached hydrogen (secondary N) is 3. The lowest BCUT2D eigenvalue weighted by molar-refractivity contribution is -0.309. The fraction of sp³-hybridized carbons (Fsp3) is 0.692. The Bertz CT molecular complexity index is 1100. The first-order chi connectivity index (χ1) is 21.6. The summed E-state index contributed by atoms with van der Waals surface area (Å²) in [4.78, 5) is 70.8. The number of ether oxygens (including phenoxy) is 3. The fourth-order valence-corrected chi connectivity index (χ4v) is 5.02. The summed E-state index contributed by atoms with van der Waals surface area (Å²) >= 11 is 1.14. The number of hydrogen-bond donors (Lipinski definition) is 10. The van der Waals surface area contributed by atoms with Gasteiger partial charge < -0.3 is 66.5 Å². The van der Waals surface area contributed by atoms with Crippen LogP contribution in [0.5, 0.6) is 0 Å². The lowest BCUT2D eigenvalue weighted by atomic mass is 9.88. The van der Waals surface area contributed by atoms with E-state index >= 15 is 0 Å². The van der Waals surface area contributed by atoms with Crippen LogP contribution in [0, 0.1) is 0 Å². The first kappa shape index (κ1) is 40.7. The summed E-state index contributed by atoms with van der Waals surface area (Å²) in [6.07, 6.45) is -4.82. The average Bonchev–Trinajstić information content (AvgIpc) is 3.00. The Morgan fingerprint density at radius 1 is 1.15 bits per heavy atom. The van der Waals surface area contributed by atoms with Crippen molar-refractivity contribution in [3.05, 3.63) is 12.2 Å². The van der Waals surface area contributed by atoms with Gasteiger partial charge in [-0.05, 0) is 6.42 Å². The molecule has 1 saturated heterocycles. The zero-order valence-corrected chi connectivity index (χ0v) is 26.0. The highest BCUT2D eigenvalue weighted by Gasteiger charge is 2.56. The van der Waals surface area contributed by atoms with Gasteiger partial charge in [0.2, 0.25) is 17.7 Å². The third-order valence-corrected chi connectivity index (χ3v) is 7.50. The largest absolute Gasteiger partial charge is 0.480 e. The summed E-state index contributed by atoms with van der Waals surface area (Å²) in [6.45, 7) is -0.780. The molecular weight excluding hydrogens is 640 g/mol. The number of thioether (sulfide) groups is 1. The smallest absolute Gasteiger partial charge is 0.366 e. The van der Waals surface area contributed by atoms with E-state index in [2.05, 4.69) is 16.0 Å². The number of nitrogens with two attached hydrogens (primary N) is 1. The SMILES string of the molecule is COC(=O)C1(OC/C=C/CSC[C@H](NC(=O)CC[C@H](N)C(=O)O)C(=O)NCC(=O)O)C[C@H](O)[C@@H](NC(C)=O)[C@H]([C@H](O)[C@H](O)CO)O1. The Labute approximate surface area is 267 Å². The standard InChI is InChI=1S/C26H42N4O15S/c1-13(32)29-20-16(33)9-26(25(42)43-2,45-22(20)21(38)17(34)11-31)44-7-3-4-8-46-12-15(23(39)28-10-19(36)37)30-18(35)6-5-14(27)24(40)41/h3-4,14-17,20-22,31,33-34,38H,5-12,27H2,1-2H3,(H,28,39)(H,29,32)(H,30,35)(H,36,37)(H,40,41)/b4-3+/t14-,15-,16-,17+,20+,21+,22+,26?/m0/s1. The second kappa shape index (κ2) is 20.0. The van der Waals surface area contributed by atoms with Crippen LogP contribution in [0.4, 0.5) is 0 Å². The quantitative estimate of drug-likeness (QED) is 0.0328. The number of aliphatic carboxylic acids is 2. The maximum Gasteiger partial charge on any atom is 0.366 e. The van der Waals surface area contributed by atoms with Gasteiger partial charge in [-0.15, -0.1) is 0 Å². The van der Waals surface area contributed by atoms with Crippen LogP contribution >= 0.6 is 11.8 Å². The van der Waals surface area contributed by atoms with Crippen molar-refractivity contribution < 1.29 is 73.6 Å². The van der Waals surface area contributed by atoms with E-state index in [9.17, 15) is 49.2 Å². The van der Waals surface area contributed by atoms with Crippen molar-refractivity contribution in [3.8, 4) is 0 Å². The van der Waals surface area contributed by atoms with E-state index in [4.69, 9.17) is 30.2 Å². The molecule has 0 aromatic carbocycles. The van der Waals surface area contributed by atoms with Crippen molar-refractivity contribution in [1.82, 2.24) is 16.0 Å². The van der Waals surface area contributed by atoms with Crippen LogP contribution < -0.4 is 21.7 Å². The van der Waals surface area contributed by atoms with Gasteiger partial charge in [0.05, 0.1) is 32.5 Å². The molecule has 0 aromatic rings. The minimum Gasteiger partial charge on any atom is -0.480 e. The van der Waals surface area contributed by atoms with Gasteiger partial charge in [-0.3, -0.25) is 24.0 Å². The lowest BCUT2D eigenvalue weighted by Crippen LogP contribution is -2.68. The van der Waals surface area contributed by atoms with E-state index in [0.717, 1.165) is 25.8 Å². The fourth-order valence-electron chi connectivity index (χ4n) is 4.14. The van der Waals surface area contributed by atoms with Gasteiger partial charge in [0.25, 0.3) is 5.79 Å². The highest BCUT2D eigenvalue weighted by Crippen LogP contribution is 2.34. The second-order valence-corrected chi connectivity index (χ2v) is 11.2. The van der Waals surface area contributed by atoms with E-state index in [1.807, 2.05) is 0 Å². The average molecular weight is 683 g/mol. The third-order valence-electron chi connectivity index (χ3n) is 6.50. The van der Waals surface area contributed by atoms with E-state index in [0.29, 0.717) is 0 Å². The molecule has 1 unspecified atom stereocenters. The molecule has 0 bridgehead atoms. The molecule has 0 radical (unpaired) electrons. The Hall–Kier alpha value is -3.37. The van der Waals surface area contributed by atoms with Gasteiger partial charge in [0.1, 0.15) is 36.9 Å². The van der Waals surface area contributed by atoms with Crippen LogP contribution in [0.1, 0.15) is 26.2 Å². The molecule has 1 rings (SSSR count). The zero-order chi connectivity index (χ0) is 35.0. The van der Waals surface area contributed by atoms with Crippen LogP contribution in [0.2, 0.25) is 0 Å². The molecule has 20 heteroatoms. The maximum atomic E-state index is 12.7. The molecule has 0 aromatic heterocycles. The minimum atomic E-state index is -2.29. The highest BCUT2D eigenvalue weighted by molar-refractivity contribution is 7.99. The molecule has 19 nitrogen and oxygen atoms in total. The Morgan fingerprint density at radius 3 is 2.39 bits per heavy atom. The van der Waals surface area contributed by atoms with Crippen molar-refractivity contribution >= 4 is 47.4 Å². The molecule has 1 heterocycles. The molecule has 46 heavy (non-hydrogen) atoms. The normalized spacial score (nSPS) is 23.8. The second-order valence-electron chi connectivity index (χ2n) is 10.1. The first-order valence-corrected chi connectivity index (χ1v) is 15.1. The number of carboxylic acids is 2. The molecule has 8 atom stereocenters. The lowest BCUT2D eigenvalue weighted by Gasteiger charge is -2.46. The molecule has 1 aliphatic rings. The number of carbonyl (C=O) groups excluding carboxylic acids is 4. The van der Waals surface area contributed by atoms with Crippen LogP contribution in [-0.4, -0.2) is 153 Å². The molecule has 262 valence electrons. The van der Waals surface area contributed by atoms with Gasteiger partial charge in [-0.25, -0.2) is 4.79 Å². The molecule has 0 saturated carbocycles. The van der Waals surface area contributed by atoms with Crippen molar-refractivity contribution in [2.45, 2.75) is 74.5 Å². The summed E-state index contributed by atoms with van der Waals surface area (Å²) in [6, 6.07) is -3.75. The topological polar surface area (TPSA) is 314 Å². The number of hydrogen-bond acceptors (Lipinski definition) is 15. The monoisotopic (exact) mass is 682 g/mol. The molecule has 3 amide bonds. The Kier molecular flexibility index (Phi) is 17.7. The summed E-state index contributed by atoms with van der Waals surface area (Å²) in [5, 5.41) is 65.2. The first-order valence-electron chi connectivity index (χ1n) is 13.9. The summed E-state index contributed by atoms with van der Waals surface area (Å²) in [5.74, 6) is -7.87. The molecule has 1 aliphatic heterocycles. The summed E-state index contributed by atoms with van der Waals surface area (Å²) in [7, 11) is 1.02. The molecular formula is C26H42N4O15S. The van der Waals surface area contributed by atoms with Crippen LogP contribution in [0.15, 0.2) is 12.2 Å².